The standard InChI is InChI=1S/C42H36ClNO2/c43-38-29-26-32(27-30-38)39(45)31-15-13-14-20-35(28-25-31)41(34-18-7-2-8-19-34)40(33-16-5-1-6-17-33)44-42(46-41,36-21-9-3-10-22-36)37-23-11-4-12-24-37/h1-12,16-19,21-31,35H,13-15,20H2/b28-25-. The summed E-state index contributed by atoms with van der Waals surface area (Å²) in [5.41, 5.74) is 3.56. The second-order valence-corrected chi connectivity index (χ2v) is 12.6. The van der Waals surface area contributed by atoms with E-state index in [9.17, 15) is 4.79 Å². The number of nitrogens with zero attached hydrogens (tertiary/aromatic N) is 1. The van der Waals surface area contributed by atoms with Crippen molar-refractivity contribution in [2.24, 2.45) is 16.8 Å². The molecule has 1 aliphatic carbocycles. The first kappa shape index (κ1) is 30.1. The summed E-state index contributed by atoms with van der Waals surface area (Å²) in [6, 6.07) is 48.8. The summed E-state index contributed by atoms with van der Waals surface area (Å²) in [5.74, 6) is -0.207. The molecule has 228 valence electrons. The van der Waals surface area contributed by atoms with E-state index in [0.717, 1.165) is 53.6 Å². The Bertz CT molecular complexity index is 1800. The molecule has 0 saturated heterocycles. The van der Waals surface area contributed by atoms with Gasteiger partial charge in [-0.1, -0.05) is 158 Å². The van der Waals surface area contributed by atoms with Gasteiger partial charge in [-0.25, -0.2) is 4.99 Å². The highest BCUT2D eigenvalue weighted by atomic mass is 35.5. The van der Waals surface area contributed by atoms with Crippen molar-refractivity contribution < 1.29 is 9.53 Å². The van der Waals surface area contributed by atoms with Gasteiger partial charge in [0, 0.05) is 33.5 Å². The third-order valence-electron chi connectivity index (χ3n) is 9.35. The summed E-state index contributed by atoms with van der Waals surface area (Å²) in [6.07, 6.45) is 7.97. The van der Waals surface area contributed by atoms with E-state index < -0.39 is 11.3 Å². The number of benzene rings is 5. The molecule has 3 unspecified atom stereocenters. The van der Waals surface area contributed by atoms with Crippen LogP contribution in [0.15, 0.2) is 163 Å². The van der Waals surface area contributed by atoms with Crippen LogP contribution >= 0.6 is 11.6 Å². The van der Waals surface area contributed by atoms with E-state index in [1.165, 1.54) is 0 Å². The molecule has 3 atom stereocenters. The molecule has 0 aromatic heterocycles. The molecule has 2 aliphatic rings. The predicted octanol–water partition coefficient (Wildman–Crippen LogP) is 10.2. The zero-order valence-corrected chi connectivity index (χ0v) is 26.4. The summed E-state index contributed by atoms with van der Waals surface area (Å²) in [7, 11) is 0. The lowest BCUT2D eigenvalue weighted by Gasteiger charge is -2.41. The number of halogens is 1. The predicted molar refractivity (Wildman–Crippen MR) is 186 cm³/mol. The van der Waals surface area contributed by atoms with Gasteiger partial charge in [-0.3, -0.25) is 4.79 Å². The van der Waals surface area contributed by atoms with Crippen LogP contribution in [0, 0.1) is 11.8 Å². The van der Waals surface area contributed by atoms with E-state index in [4.69, 9.17) is 21.3 Å². The van der Waals surface area contributed by atoms with Gasteiger partial charge < -0.3 is 4.74 Å². The quantitative estimate of drug-likeness (QED) is 0.134. The van der Waals surface area contributed by atoms with Crippen molar-refractivity contribution in [3.8, 4) is 0 Å². The number of rotatable bonds is 7. The van der Waals surface area contributed by atoms with Gasteiger partial charge in [-0.15, -0.1) is 0 Å². The zero-order chi connectivity index (χ0) is 31.4. The minimum atomic E-state index is -1.09. The van der Waals surface area contributed by atoms with Crippen LogP contribution in [0.2, 0.25) is 5.02 Å². The monoisotopic (exact) mass is 621 g/mol. The first-order valence-electron chi connectivity index (χ1n) is 16.1. The molecule has 0 saturated carbocycles. The molecule has 0 radical (unpaired) electrons. The van der Waals surface area contributed by atoms with E-state index in [2.05, 4.69) is 84.9 Å². The van der Waals surface area contributed by atoms with Crippen LogP contribution in [0.4, 0.5) is 0 Å². The Morgan fingerprint density at radius 2 is 1.15 bits per heavy atom. The van der Waals surface area contributed by atoms with E-state index in [-0.39, 0.29) is 17.6 Å². The molecule has 0 amide bonds. The fourth-order valence-corrected chi connectivity index (χ4v) is 7.21. The molecule has 1 aliphatic heterocycles. The van der Waals surface area contributed by atoms with Crippen LogP contribution in [0.5, 0.6) is 0 Å². The topological polar surface area (TPSA) is 38.7 Å². The van der Waals surface area contributed by atoms with Crippen LogP contribution in [0.3, 0.4) is 0 Å². The van der Waals surface area contributed by atoms with Gasteiger partial charge in [-0.05, 0) is 48.2 Å². The Kier molecular flexibility index (Phi) is 8.53. The van der Waals surface area contributed by atoms with Crippen LogP contribution in [-0.2, 0) is 16.1 Å². The maximum absolute atomic E-state index is 13.8. The molecule has 1 heterocycles. The number of ether oxygens (including phenoxy) is 1. The average molecular weight is 622 g/mol. The van der Waals surface area contributed by atoms with Gasteiger partial charge in [0.2, 0.25) is 5.72 Å². The largest absolute Gasteiger partial charge is 0.327 e. The number of hydrogen-bond acceptors (Lipinski definition) is 3. The molecule has 0 fully saturated rings. The average Bonchev–Trinajstić information content (AvgIpc) is 3.48. The van der Waals surface area contributed by atoms with Gasteiger partial charge in [-0.2, -0.15) is 0 Å². The summed E-state index contributed by atoms with van der Waals surface area (Å²) >= 11 is 6.14. The van der Waals surface area contributed by atoms with E-state index >= 15 is 0 Å². The fraction of sp³-hybridized carbons (Fsp3) is 0.190. The molecule has 3 nitrogen and oxygen atoms in total. The molecule has 4 heteroatoms. The number of hydrogen-bond donors (Lipinski definition) is 0. The smallest absolute Gasteiger partial charge is 0.213 e. The number of aliphatic imine (C=N–C) groups is 1. The molecule has 5 aromatic rings. The summed E-state index contributed by atoms with van der Waals surface area (Å²) in [6.45, 7) is 0. The molecule has 46 heavy (non-hydrogen) atoms. The molecule has 0 bridgehead atoms. The molecule has 0 spiro atoms. The summed E-state index contributed by atoms with van der Waals surface area (Å²) < 4.78 is 7.74. The van der Waals surface area contributed by atoms with Crippen molar-refractivity contribution in [2.45, 2.75) is 37.0 Å². The molecule has 5 aromatic carbocycles. The SMILES string of the molecule is O=C(c1ccc(Cl)cc1)C1/C=C\C(C2(c3ccccc3)OC(c3ccccc3)(c3ccccc3)N=C2c2ccccc2)CCCC1. The fourth-order valence-electron chi connectivity index (χ4n) is 7.08. The van der Waals surface area contributed by atoms with Gasteiger partial charge in [0.05, 0.1) is 5.71 Å². The number of carbonyl (C=O) groups excluding carboxylic acids is 1. The summed E-state index contributed by atoms with van der Waals surface area (Å²) in [4.78, 5) is 19.4. The number of allylic oxidation sites excluding steroid dienone is 1. The first-order chi connectivity index (χ1) is 22.6. The van der Waals surface area contributed by atoms with Gasteiger partial charge >= 0.3 is 0 Å². The van der Waals surface area contributed by atoms with Gasteiger partial charge in [0.1, 0.15) is 5.60 Å². The van der Waals surface area contributed by atoms with Crippen LogP contribution in [0.1, 0.15) is 58.3 Å². The lowest BCUT2D eigenvalue weighted by molar-refractivity contribution is -0.105. The Hall–Kier alpha value is -4.57. The molecular weight excluding hydrogens is 586 g/mol. The minimum absolute atomic E-state index is 0.0935. The van der Waals surface area contributed by atoms with Crippen molar-refractivity contribution in [1.82, 2.24) is 0 Å². The molecular formula is C42H36ClNO2. The maximum atomic E-state index is 13.8. The van der Waals surface area contributed by atoms with Crippen molar-refractivity contribution in [1.29, 1.82) is 0 Å². The van der Waals surface area contributed by atoms with E-state index in [1.54, 1.807) is 12.1 Å². The third kappa shape index (κ3) is 5.55. The van der Waals surface area contributed by atoms with Crippen molar-refractivity contribution >= 4 is 23.1 Å². The number of carbonyl (C=O) groups is 1. The minimum Gasteiger partial charge on any atom is -0.327 e. The normalized spacial score (nSPS) is 23.1. The lowest BCUT2D eigenvalue weighted by atomic mass is 9.72. The lowest BCUT2D eigenvalue weighted by Crippen LogP contribution is -2.45. The second-order valence-electron chi connectivity index (χ2n) is 12.2. The highest BCUT2D eigenvalue weighted by Gasteiger charge is 2.57. The van der Waals surface area contributed by atoms with Crippen molar-refractivity contribution in [3.05, 3.63) is 191 Å². The number of Topliss-reactive ketones (excluding diaryl/α,β-unsaturated/α-hetero) is 1. The van der Waals surface area contributed by atoms with Crippen molar-refractivity contribution in [3.63, 3.8) is 0 Å². The Labute approximate surface area is 276 Å². The Morgan fingerprint density at radius 1 is 0.630 bits per heavy atom. The van der Waals surface area contributed by atoms with Crippen LogP contribution in [0.25, 0.3) is 0 Å². The summed E-state index contributed by atoms with van der Waals surface area (Å²) in [5, 5.41) is 0.626. The highest BCUT2D eigenvalue weighted by Crippen LogP contribution is 2.54. The van der Waals surface area contributed by atoms with Crippen LogP contribution in [-0.4, -0.2) is 11.5 Å². The second kappa shape index (κ2) is 13.0. The van der Waals surface area contributed by atoms with Crippen molar-refractivity contribution in [2.75, 3.05) is 0 Å². The zero-order valence-electron chi connectivity index (χ0n) is 25.6. The first-order valence-corrected chi connectivity index (χ1v) is 16.5. The van der Waals surface area contributed by atoms with Gasteiger partial charge in [0.15, 0.2) is 5.78 Å². The highest BCUT2D eigenvalue weighted by molar-refractivity contribution is 6.30. The number of ketones is 1. The molecule has 7 rings (SSSR count). The Morgan fingerprint density at radius 3 is 1.74 bits per heavy atom. The van der Waals surface area contributed by atoms with E-state index in [0.29, 0.717) is 10.6 Å². The van der Waals surface area contributed by atoms with Gasteiger partial charge in [0.25, 0.3) is 0 Å². The maximum Gasteiger partial charge on any atom is 0.213 e. The van der Waals surface area contributed by atoms with Crippen LogP contribution < -0.4 is 0 Å². The van der Waals surface area contributed by atoms with E-state index in [1.807, 2.05) is 60.7 Å². The third-order valence-corrected chi connectivity index (χ3v) is 9.61. The molecule has 0 N–H and O–H groups in total. The Balaban J connectivity index is 1.43.